The van der Waals surface area contributed by atoms with E-state index in [4.69, 9.17) is 15.7 Å². The summed E-state index contributed by atoms with van der Waals surface area (Å²) in [5, 5.41) is 21.5. The number of hydrogen-bond acceptors (Lipinski definition) is 3. The highest BCUT2D eigenvalue weighted by molar-refractivity contribution is 4.55. The average Bonchev–Trinajstić information content (AvgIpc) is 1.88. The van der Waals surface area contributed by atoms with Crippen molar-refractivity contribution in [3.05, 3.63) is 10.4 Å². The minimum atomic E-state index is -0.851. The molecule has 0 heterocycles. The third kappa shape index (κ3) is 3.96. The summed E-state index contributed by atoms with van der Waals surface area (Å²) in [5.74, 6) is 0. The largest absolute Gasteiger partial charge is 0.394 e. The van der Waals surface area contributed by atoms with Crippen LogP contribution in [0.2, 0.25) is 0 Å². The molecule has 1 atom stereocenters. The van der Waals surface area contributed by atoms with Crippen molar-refractivity contribution in [3.63, 3.8) is 0 Å². The van der Waals surface area contributed by atoms with Gasteiger partial charge in [-0.3, -0.25) is 0 Å². The van der Waals surface area contributed by atoms with Crippen LogP contribution in [0.4, 0.5) is 0 Å². The molecule has 0 spiro atoms. The maximum atomic E-state index is 8.78. The number of rotatable bonds is 4. The maximum Gasteiger partial charge on any atom is 0.116 e. The van der Waals surface area contributed by atoms with E-state index in [0.717, 1.165) is 0 Å². The molecule has 10 heavy (non-hydrogen) atoms. The summed E-state index contributed by atoms with van der Waals surface area (Å²) in [6.45, 7) is -0.189. The molecule has 0 aliphatic heterocycles. The van der Waals surface area contributed by atoms with Gasteiger partial charge in [0.05, 0.1) is 13.7 Å². The topological polar surface area (TPSA) is 92.5 Å². The third-order valence-corrected chi connectivity index (χ3v) is 0.878. The second-order valence-electron chi connectivity index (χ2n) is 1.86. The third-order valence-electron chi connectivity index (χ3n) is 0.878. The first-order valence-electron chi connectivity index (χ1n) is 2.75. The standard InChI is InChI=1S/C4H10N4O2/c1-8(7-6-5)2-4(10)3-9/h4,9-10H,2-3H2,1H3. The molecule has 0 aromatic carbocycles. The normalized spacial score (nSPS) is 11.9. The van der Waals surface area contributed by atoms with Crippen LogP contribution >= 0.6 is 0 Å². The van der Waals surface area contributed by atoms with Crippen LogP contribution in [0.3, 0.4) is 0 Å². The van der Waals surface area contributed by atoms with Crippen LogP contribution in [0.15, 0.2) is 5.22 Å². The first-order chi connectivity index (χ1) is 4.70. The summed E-state index contributed by atoms with van der Waals surface area (Å²) in [7, 11) is 1.51. The van der Waals surface area contributed by atoms with Crippen molar-refractivity contribution in [2.45, 2.75) is 6.10 Å². The summed E-state index contributed by atoms with van der Waals surface area (Å²) in [5.41, 5.74) is 7.89. The highest BCUT2D eigenvalue weighted by Gasteiger charge is 2.05. The van der Waals surface area contributed by atoms with Gasteiger partial charge in [-0.2, -0.15) is 4.91 Å². The van der Waals surface area contributed by atoms with Crippen molar-refractivity contribution in [2.75, 3.05) is 20.2 Å². The van der Waals surface area contributed by atoms with Crippen LogP contribution < -0.4 is 0 Å². The zero-order valence-electron chi connectivity index (χ0n) is 5.67. The first kappa shape index (κ1) is 9.03. The lowest BCUT2D eigenvalue weighted by Crippen LogP contribution is -2.27. The molecule has 6 heteroatoms. The van der Waals surface area contributed by atoms with Gasteiger partial charge in [-0.1, -0.05) is 0 Å². The lowest BCUT2D eigenvalue weighted by Gasteiger charge is -2.10. The molecule has 0 radical (unpaired) electrons. The van der Waals surface area contributed by atoms with E-state index in [1.807, 2.05) is 0 Å². The zero-order chi connectivity index (χ0) is 7.98. The van der Waals surface area contributed by atoms with Gasteiger partial charge >= 0.3 is 0 Å². The van der Waals surface area contributed by atoms with Crippen molar-refractivity contribution >= 4 is 0 Å². The predicted octanol–water partition coefficient (Wildman–Crippen LogP) is -0.503. The Kier molecular flexibility index (Phi) is 4.39. The van der Waals surface area contributed by atoms with Gasteiger partial charge in [0.1, 0.15) is 12.6 Å². The molecule has 0 aliphatic rings. The van der Waals surface area contributed by atoms with Gasteiger partial charge in [0.2, 0.25) is 0 Å². The smallest absolute Gasteiger partial charge is 0.116 e. The molecular formula is C4H10N4O2. The van der Waals surface area contributed by atoms with Gasteiger partial charge in [-0.15, -0.1) is 5.53 Å². The second-order valence-corrected chi connectivity index (χ2v) is 1.86. The molecule has 0 rings (SSSR count). The van der Waals surface area contributed by atoms with E-state index in [-0.39, 0.29) is 13.2 Å². The highest BCUT2D eigenvalue weighted by atomic mass is 16.3. The van der Waals surface area contributed by atoms with E-state index in [9.17, 15) is 0 Å². The van der Waals surface area contributed by atoms with Crippen molar-refractivity contribution in [1.82, 2.24) is 5.01 Å². The Bertz CT molecular complexity index is 133. The van der Waals surface area contributed by atoms with Crippen molar-refractivity contribution in [2.24, 2.45) is 5.22 Å². The Morgan fingerprint density at radius 2 is 2.40 bits per heavy atom. The fraction of sp³-hybridized carbons (Fsp3) is 1.00. The number of nitrogens with zero attached hydrogens (tertiary/aromatic N) is 4. The van der Waals surface area contributed by atoms with Crippen molar-refractivity contribution in [1.29, 1.82) is 0 Å². The van der Waals surface area contributed by atoms with Crippen molar-refractivity contribution < 1.29 is 10.2 Å². The Hall–Kier alpha value is -0.970. The molecule has 1 unspecified atom stereocenters. The van der Waals surface area contributed by atoms with E-state index in [0.29, 0.717) is 0 Å². The zero-order valence-corrected chi connectivity index (χ0v) is 5.67. The first-order valence-corrected chi connectivity index (χ1v) is 2.75. The lowest BCUT2D eigenvalue weighted by molar-refractivity contribution is 0.0668. The molecule has 0 fully saturated rings. The van der Waals surface area contributed by atoms with Gasteiger partial charge in [-0.05, 0) is 5.22 Å². The van der Waals surface area contributed by atoms with Crippen LogP contribution in [0, 0.1) is 0 Å². The van der Waals surface area contributed by atoms with Crippen LogP contribution in [0.25, 0.3) is 10.4 Å². The molecule has 0 aliphatic carbocycles. The van der Waals surface area contributed by atoms with Crippen LogP contribution in [-0.2, 0) is 0 Å². The minimum Gasteiger partial charge on any atom is -0.394 e. The van der Waals surface area contributed by atoms with E-state index in [1.54, 1.807) is 0 Å². The summed E-state index contributed by atoms with van der Waals surface area (Å²) in [4.78, 5) is 2.48. The number of likely N-dealkylation sites (N-methyl/N-ethyl adjacent to an activating group) is 1. The Labute approximate surface area is 58.3 Å². The second kappa shape index (κ2) is 4.87. The Morgan fingerprint density at radius 3 is 2.80 bits per heavy atom. The molecule has 0 saturated carbocycles. The van der Waals surface area contributed by atoms with Gasteiger partial charge < -0.3 is 10.2 Å². The maximum absolute atomic E-state index is 8.78. The van der Waals surface area contributed by atoms with Crippen molar-refractivity contribution in [3.8, 4) is 0 Å². The molecule has 6 nitrogen and oxygen atoms in total. The molecule has 0 bridgehead atoms. The number of hydrogen-bond donors (Lipinski definition) is 2. The van der Waals surface area contributed by atoms with E-state index in [2.05, 4.69) is 10.1 Å². The molecule has 0 saturated heterocycles. The summed E-state index contributed by atoms with van der Waals surface area (Å²) >= 11 is 0. The molecule has 0 amide bonds. The van der Waals surface area contributed by atoms with Crippen LogP contribution in [0.5, 0.6) is 0 Å². The fourth-order valence-corrected chi connectivity index (χ4v) is 0.468. The number of aliphatic hydroxyl groups excluding tert-OH is 2. The van der Waals surface area contributed by atoms with Crippen LogP contribution in [-0.4, -0.2) is 41.5 Å². The van der Waals surface area contributed by atoms with Gasteiger partial charge in [0, 0.05) is 0 Å². The monoisotopic (exact) mass is 146 g/mol. The number of azide groups is 1. The van der Waals surface area contributed by atoms with E-state index >= 15 is 0 Å². The minimum absolute atomic E-state index is 0.139. The quantitative estimate of drug-likeness (QED) is 0.242. The predicted molar refractivity (Wildman–Crippen MR) is 34.9 cm³/mol. The Morgan fingerprint density at radius 1 is 1.80 bits per heavy atom. The van der Waals surface area contributed by atoms with E-state index in [1.165, 1.54) is 12.1 Å². The number of aliphatic hydroxyl groups is 2. The summed E-state index contributed by atoms with van der Waals surface area (Å²) < 4.78 is 0. The molecule has 0 aromatic heterocycles. The molecule has 2 N–H and O–H groups in total. The van der Waals surface area contributed by atoms with E-state index < -0.39 is 6.10 Å². The molecule has 58 valence electrons. The lowest BCUT2D eigenvalue weighted by atomic mass is 10.4. The Balaban J connectivity index is 3.56. The molecular weight excluding hydrogens is 136 g/mol. The fourth-order valence-electron chi connectivity index (χ4n) is 0.468. The average molecular weight is 146 g/mol. The SMILES string of the molecule is CN(CC(O)CO)N=[N+]=[N-]. The highest BCUT2D eigenvalue weighted by Crippen LogP contribution is 1.88. The van der Waals surface area contributed by atoms with Crippen LogP contribution in [0.1, 0.15) is 0 Å². The van der Waals surface area contributed by atoms with Gasteiger partial charge in [0.25, 0.3) is 0 Å². The summed E-state index contributed by atoms with van der Waals surface area (Å²) in [6, 6.07) is 0. The van der Waals surface area contributed by atoms with Gasteiger partial charge in [0.15, 0.2) is 0 Å². The molecule has 0 aromatic rings. The van der Waals surface area contributed by atoms with Gasteiger partial charge in [-0.25, -0.2) is 5.01 Å². The summed E-state index contributed by atoms with van der Waals surface area (Å²) in [6.07, 6.45) is -0.851.